The van der Waals surface area contributed by atoms with Crippen LogP contribution >= 0.6 is 0 Å². The van der Waals surface area contributed by atoms with Crippen molar-refractivity contribution in [2.24, 2.45) is 0 Å². The van der Waals surface area contributed by atoms with Crippen LogP contribution in [0.1, 0.15) is 24.8 Å². The van der Waals surface area contributed by atoms with Crippen LogP contribution in [-0.2, 0) is 0 Å². The van der Waals surface area contributed by atoms with Gasteiger partial charge in [0.1, 0.15) is 5.69 Å². The van der Waals surface area contributed by atoms with E-state index in [4.69, 9.17) is 0 Å². The predicted octanol–water partition coefficient (Wildman–Crippen LogP) is 4.23. The Balaban J connectivity index is 1.31. The van der Waals surface area contributed by atoms with Crippen molar-refractivity contribution in [3.63, 3.8) is 0 Å². The molecular weight excluding hydrogens is 421 g/mol. The van der Waals surface area contributed by atoms with Gasteiger partial charge in [-0.2, -0.15) is 0 Å². The lowest BCUT2D eigenvalue weighted by Crippen LogP contribution is -2.40. The molecule has 10 heteroatoms. The number of nitrogens with zero attached hydrogens (tertiary/aromatic N) is 4. The van der Waals surface area contributed by atoms with Gasteiger partial charge in [-0.05, 0) is 6.07 Å². The van der Waals surface area contributed by atoms with Crippen LogP contribution in [0.2, 0.25) is 0 Å². The second-order valence-corrected chi connectivity index (χ2v) is 7.84. The van der Waals surface area contributed by atoms with E-state index in [1.54, 1.807) is 17.0 Å². The second-order valence-electron chi connectivity index (χ2n) is 7.84. The number of aliphatic hydroxyl groups is 1. The smallest absolute Gasteiger partial charge is 0.251 e. The summed E-state index contributed by atoms with van der Waals surface area (Å²) in [5.41, 5.74) is 2.42. The third-order valence-corrected chi connectivity index (χ3v) is 5.66. The number of aromatic amines is 1. The SMILES string of the molecule is OC(Nc1c[nH]c2ccccc12)c1cn(-c2cnc(N3CCC(F)(F)CC3)c(F)c2)cn1. The minimum Gasteiger partial charge on any atom is -0.368 e. The first-order chi connectivity index (χ1) is 15.4. The van der Waals surface area contributed by atoms with Gasteiger partial charge in [-0.25, -0.2) is 23.1 Å². The molecule has 7 nitrogen and oxygen atoms in total. The van der Waals surface area contributed by atoms with Gasteiger partial charge in [0.25, 0.3) is 5.92 Å². The topological polar surface area (TPSA) is 82.0 Å². The fourth-order valence-corrected chi connectivity index (χ4v) is 3.87. The zero-order chi connectivity index (χ0) is 22.3. The number of hydrogen-bond acceptors (Lipinski definition) is 5. The lowest BCUT2D eigenvalue weighted by Gasteiger charge is -2.32. The van der Waals surface area contributed by atoms with Crippen LogP contribution in [0, 0.1) is 5.82 Å². The number of alkyl halides is 2. The number of aliphatic hydroxyl groups excluding tert-OH is 1. The standard InChI is InChI=1S/C22H21F3N6O/c23-16-9-14(10-27-20(16)30-7-5-22(24,25)6-8-30)31-12-19(28-13-31)21(32)29-18-11-26-17-4-2-1-3-15(17)18/h1-4,9-13,21,26,29,32H,5-8H2. The molecule has 1 fully saturated rings. The van der Waals surface area contributed by atoms with Gasteiger partial charge in [-0.1, -0.05) is 18.2 Å². The van der Waals surface area contributed by atoms with Gasteiger partial charge in [0.05, 0.1) is 23.9 Å². The van der Waals surface area contributed by atoms with Gasteiger partial charge >= 0.3 is 0 Å². The molecule has 1 saturated heterocycles. The highest BCUT2D eigenvalue weighted by Gasteiger charge is 2.35. The van der Waals surface area contributed by atoms with Gasteiger partial charge in [0.2, 0.25) is 0 Å². The van der Waals surface area contributed by atoms with E-state index in [1.807, 2.05) is 24.3 Å². The predicted molar refractivity (Wildman–Crippen MR) is 115 cm³/mol. The lowest BCUT2D eigenvalue weighted by molar-refractivity contribution is -0.0222. The molecule has 3 aromatic heterocycles. The molecule has 0 radical (unpaired) electrons. The summed E-state index contributed by atoms with van der Waals surface area (Å²) in [4.78, 5) is 13.0. The maximum atomic E-state index is 14.7. The van der Waals surface area contributed by atoms with E-state index in [2.05, 4.69) is 20.3 Å². The Morgan fingerprint density at radius 2 is 1.94 bits per heavy atom. The molecule has 0 aliphatic carbocycles. The Morgan fingerprint density at radius 1 is 1.16 bits per heavy atom. The Hall–Kier alpha value is -3.53. The van der Waals surface area contributed by atoms with Gasteiger partial charge in [0.15, 0.2) is 17.9 Å². The zero-order valence-corrected chi connectivity index (χ0v) is 17.0. The van der Waals surface area contributed by atoms with Gasteiger partial charge in [0, 0.05) is 55.3 Å². The number of aromatic nitrogens is 4. The molecule has 4 aromatic rings. The monoisotopic (exact) mass is 442 g/mol. The zero-order valence-electron chi connectivity index (χ0n) is 17.0. The fourth-order valence-electron chi connectivity index (χ4n) is 3.87. The summed E-state index contributed by atoms with van der Waals surface area (Å²) in [7, 11) is 0. The number of nitrogens with one attached hydrogen (secondary N) is 2. The number of hydrogen-bond donors (Lipinski definition) is 3. The summed E-state index contributed by atoms with van der Waals surface area (Å²) in [5.74, 6) is -3.24. The number of halogens is 3. The number of pyridine rings is 1. The first kappa shape index (κ1) is 20.4. The van der Waals surface area contributed by atoms with Crippen LogP contribution in [0.5, 0.6) is 0 Å². The molecule has 32 heavy (non-hydrogen) atoms. The summed E-state index contributed by atoms with van der Waals surface area (Å²) < 4.78 is 43.0. The average Bonchev–Trinajstić information content (AvgIpc) is 3.42. The Bertz CT molecular complexity index is 1240. The molecule has 1 unspecified atom stereocenters. The normalized spacial score (nSPS) is 16.9. The van der Waals surface area contributed by atoms with Crippen molar-refractivity contribution in [1.82, 2.24) is 19.5 Å². The van der Waals surface area contributed by atoms with Crippen LogP contribution in [0.15, 0.2) is 55.2 Å². The van der Waals surface area contributed by atoms with E-state index in [0.717, 1.165) is 16.6 Å². The van der Waals surface area contributed by atoms with E-state index in [9.17, 15) is 18.3 Å². The van der Waals surface area contributed by atoms with Crippen LogP contribution in [0.25, 0.3) is 16.6 Å². The molecule has 1 aliphatic rings. The maximum absolute atomic E-state index is 14.7. The number of fused-ring (bicyclic) bond motifs is 1. The van der Waals surface area contributed by atoms with Crippen LogP contribution < -0.4 is 10.2 Å². The molecule has 1 atom stereocenters. The molecule has 1 aliphatic heterocycles. The molecule has 3 N–H and O–H groups in total. The average molecular weight is 442 g/mol. The Morgan fingerprint density at radius 3 is 2.72 bits per heavy atom. The first-order valence-corrected chi connectivity index (χ1v) is 10.2. The number of para-hydroxylation sites is 1. The van der Waals surface area contributed by atoms with Crippen molar-refractivity contribution < 1.29 is 18.3 Å². The van der Waals surface area contributed by atoms with Gasteiger partial charge in [-0.15, -0.1) is 0 Å². The third-order valence-electron chi connectivity index (χ3n) is 5.66. The third kappa shape index (κ3) is 3.89. The van der Waals surface area contributed by atoms with E-state index in [1.165, 1.54) is 23.5 Å². The second kappa shape index (κ2) is 7.86. The molecule has 166 valence electrons. The molecule has 0 amide bonds. The number of H-pyrrole nitrogens is 1. The number of anilines is 2. The van der Waals surface area contributed by atoms with Crippen LogP contribution in [-0.4, -0.2) is 43.6 Å². The van der Waals surface area contributed by atoms with E-state index in [-0.39, 0.29) is 31.7 Å². The summed E-state index contributed by atoms with van der Waals surface area (Å²) in [6, 6.07) is 8.96. The van der Waals surface area contributed by atoms with Crippen molar-refractivity contribution in [3.8, 4) is 5.69 Å². The van der Waals surface area contributed by atoms with Gasteiger partial charge < -0.3 is 24.9 Å². The quantitative estimate of drug-likeness (QED) is 0.403. The summed E-state index contributed by atoms with van der Waals surface area (Å²) >= 11 is 0. The molecule has 0 bridgehead atoms. The van der Waals surface area contributed by atoms with Crippen molar-refractivity contribution in [3.05, 3.63) is 66.8 Å². The highest BCUT2D eigenvalue weighted by Crippen LogP contribution is 2.31. The summed E-state index contributed by atoms with van der Waals surface area (Å²) in [6.45, 7) is 0.106. The van der Waals surface area contributed by atoms with Crippen LogP contribution in [0.4, 0.5) is 24.7 Å². The molecular formula is C22H21F3N6O. The molecule has 5 rings (SSSR count). The summed E-state index contributed by atoms with van der Waals surface area (Å²) in [6.07, 6.45) is 4.53. The highest BCUT2D eigenvalue weighted by molar-refractivity contribution is 5.92. The number of rotatable bonds is 5. The highest BCUT2D eigenvalue weighted by atomic mass is 19.3. The maximum Gasteiger partial charge on any atom is 0.251 e. The van der Waals surface area contributed by atoms with Crippen LogP contribution in [0.3, 0.4) is 0 Å². The van der Waals surface area contributed by atoms with Crippen molar-refractivity contribution in [1.29, 1.82) is 0 Å². The van der Waals surface area contributed by atoms with E-state index < -0.39 is 18.0 Å². The first-order valence-electron chi connectivity index (χ1n) is 10.2. The molecule has 0 saturated carbocycles. The Labute approximate surface area is 181 Å². The molecule has 0 spiro atoms. The molecule has 1 aromatic carbocycles. The minimum atomic E-state index is -2.71. The fraction of sp³-hybridized carbons (Fsp3) is 0.273. The summed E-state index contributed by atoms with van der Waals surface area (Å²) in [5, 5.41) is 14.5. The lowest BCUT2D eigenvalue weighted by atomic mass is 10.1. The van der Waals surface area contributed by atoms with Crippen molar-refractivity contribution >= 4 is 22.4 Å². The minimum absolute atomic E-state index is 0.0528. The largest absolute Gasteiger partial charge is 0.368 e. The molecule has 4 heterocycles. The van der Waals surface area contributed by atoms with Gasteiger partial charge in [-0.3, -0.25) is 0 Å². The number of piperidine rings is 1. The van der Waals surface area contributed by atoms with Crippen molar-refractivity contribution in [2.45, 2.75) is 25.0 Å². The number of benzene rings is 1. The van der Waals surface area contributed by atoms with E-state index in [0.29, 0.717) is 11.4 Å². The van der Waals surface area contributed by atoms with Crippen molar-refractivity contribution in [2.75, 3.05) is 23.3 Å². The number of imidazole rings is 1. The Kier molecular flexibility index (Phi) is 5.01. The van der Waals surface area contributed by atoms with E-state index >= 15 is 0 Å².